The van der Waals surface area contributed by atoms with E-state index in [0.29, 0.717) is 12.8 Å². The maximum atomic E-state index is 10.6. The van der Waals surface area contributed by atoms with E-state index in [1.54, 1.807) is 0 Å². The highest BCUT2D eigenvalue weighted by Gasteiger charge is 1.99. The van der Waals surface area contributed by atoms with E-state index in [9.17, 15) is 9.59 Å². The van der Waals surface area contributed by atoms with Gasteiger partial charge >= 0.3 is 11.8 Å². The number of rotatable bonds is 28. The Kier molecular flexibility index (Phi) is 48.8. The molecule has 0 rings (SSSR count). The Morgan fingerprint density at radius 2 is 0.500 bits per heavy atom. The van der Waals surface area contributed by atoms with E-state index in [0.717, 1.165) is 12.8 Å². The van der Waals surface area contributed by atoms with Gasteiger partial charge in [0.2, 0.25) is 0 Å². The molecule has 0 aliphatic rings. The van der Waals surface area contributed by atoms with Gasteiger partial charge in [-0.2, -0.15) is 0 Å². The average molecular weight is 584 g/mol. The lowest BCUT2D eigenvalue weighted by molar-refractivity contribution is -0.307. The molecule has 0 aliphatic carbocycles. The van der Waals surface area contributed by atoms with Crippen molar-refractivity contribution in [3.8, 4) is 0 Å². The summed E-state index contributed by atoms with van der Waals surface area (Å²) < 4.78 is 0. The molecule has 2 amide bonds. The van der Waals surface area contributed by atoms with Gasteiger partial charge in [-0.25, -0.2) is 9.59 Å². The Bertz CT molecular complexity index is 411. The first-order valence-electron chi connectivity index (χ1n) is 16.2. The van der Waals surface area contributed by atoms with Crippen molar-refractivity contribution < 1.29 is 45.9 Å². The molecule has 0 bridgehead atoms. The second-order valence-electron chi connectivity index (χ2n) is 11.1. The zero-order valence-electron chi connectivity index (χ0n) is 25.8. The molecule has 0 aromatic carbocycles. The molecule has 0 aromatic heterocycles. The lowest BCUT2D eigenvalue weighted by Crippen LogP contribution is -3.00. The second kappa shape index (κ2) is 41.3. The van der Waals surface area contributed by atoms with Crippen LogP contribution in [0.3, 0.4) is 0 Å². The van der Waals surface area contributed by atoms with Gasteiger partial charge in [0, 0.05) is 0 Å². The molecule has 232 valence electrons. The van der Waals surface area contributed by atoms with E-state index >= 15 is 0 Å². The van der Waals surface area contributed by atoms with E-state index in [4.69, 9.17) is 0 Å². The standard InChI is InChI=1S/2C16H33NO.2ClH/c2*1-2-3-4-5-6-7-8-9-10-11-12-13-14-15-16(17)18;;/h2*2-15H2,1H3,(H2,17,18);2*1H. The molecule has 0 heterocycles. The zero-order chi connectivity index (χ0) is 27.0. The summed E-state index contributed by atoms with van der Waals surface area (Å²) in [5.74, 6) is 0.191. The fourth-order valence-electron chi connectivity index (χ4n) is 4.68. The van der Waals surface area contributed by atoms with E-state index < -0.39 is 0 Å². The lowest BCUT2D eigenvalue weighted by Gasteiger charge is -2.02. The number of unbranched alkanes of at least 4 members (excludes halogenated alkanes) is 24. The second-order valence-corrected chi connectivity index (χ2v) is 11.1. The highest BCUT2D eigenvalue weighted by molar-refractivity contribution is 5.64. The van der Waals surface area contributed by atoms with Crippen LogP contribution < -0.4 is 36.3 Å². The van der Waals surface area contributed by atoms with Gasteiger partial charge in [-0.05, 0) is 12.8 Å². The first-order valence-corrected chi connectivity index (χ1v) is 16.2. The van der Waals surface area contributed by atoms with Crippen molar-refractivity contribution in [1.29, 1.82) is 0 Å². The van der Waals surface area contributed by atoms with E-state index in [2.05, 4.69) is 25.3 Å². The largest absolute Gasteiger partial charge is 1.00 e. The average Bonchev–Trinajstić information content (AvgIpc) is 2.85. The Morgan fingerprint density at radius 3 is 0.658 bits per heavy atom. The number of amides is 2. The molecule has 6 heteroatoms. The Morgan fingerprint density at radius 1 is 0.342 bits per heavy atom. The predicted octanol–water partition coefficient (Wildman–Crippen LogP) is 2.48. The van der Waals surface area contributed by atoms with Crippen LogP contribution in [0.4, 0.5) is 0 Å². The van der Waals surface area contributed by atoms with Crippen LogP contribution in [0.15, 0.2) is 0 Å². The Balaban J connectivity index is -0.000000289. The minimum atomic E-state index is 0. The smallest absolute Gasteiger partial charge is 0.308 e. The molecule has 6 N–H and O–H groups in total. The molecule has 4 nitrogen and oxygen atoms in total. The normalized spacial score (nSPS) is 10.2. The van der Waals surface area contributed by atoms with Gasteiger partial charge < -0.3 is 24.8 Å². The number of halogens is 2. The monoisotopic (exact) mass is 582 g/mol. The van der Waals surface area contributed by atoms with Gasteiger partial charge in [0.15, 0.2) is 0 Å². The lowest BCUT2D eigenvalue weighted by atomic mass is 10.0. The topological polar surface area (TPSA) is 89.4 Å². The zero-order valence-corrected chi connectivity index (χ0v) is 27.3. The highest BCUT2D eigenvalue weighted by Crippen LogP contribution is 2.14. The molecular formula is C32H68Cl2N2O2. The summed E-state index contributed by atoms with van der Waals surface area (Å²) in [6, 6.07) is 0. The SMILES string of the molecule is CCCCCCCCCCCCCCCC([NH3+])=O.CCCCCCCCCCCCCCCC([NH3+])=O.[Cl-].[Cl-]. The summed E-state index contributed by atoms with van der Waals surface area (Å²) in [4.78, 5) is 21.3. The fraction of sp³-hybridized carbons (Fsp3) is 0.938. The van der Waals surface area contributed by atoms with E-state index in [1.165, 1.54) is 154 Å². The quantitative estimate of drug-likeness (QED) is 0.139. The molecule has 0 unspecified atom stereocenters. The van der Waals surface area contributed by atoms with E-state index in [-0.39, 0.29) is 36.6 Å². The molecule has 0 aliphatic heterocycles. The Labute approximate surface area is 250 Å². The summed E-state index contributed by atoms with van der Waals surface area (Å²) in [6.45, 7) is 4.54. The van der Waals surface area contributed by atoms with Crippen molar-refractivity contribution in [3.63, 3.8) is 0 Å². The van der Waals surface area contributed by atoms with Gasteiger partial charge in [-0.15, -0.1) is 0 Å². The van der Waals surface area contributed by atoms with Gasteiger partial charge in [0.25, 0.3) is 0 Å². The van der Waals surface area contributed by atoms with E-state index in [1.807, 2.05) is 0 Å². The summed E-state index contributed by atoms with van der Waals surface area (Å²) >= 11 is 0. The van der Waals surface area contributed by atoms with Crippen LogP contribution in [0.25, 0.3) is 0 Å². The van der Waals surface area contributed by atoms with Gasteiger partial charge in [0.05, 0.1) is 12.8 Å². The third-order valence-corrected chi connectivity index (χ3v) is 7.12. The van der Waals surface area contributed by atoms with Crippen molar-refractivity contribution in [2.75, 3.05) is 0 Å². The first kappa shape index (κ1) is 44.8. The van der Waals surface area contributed by atoms with Crippen LogP contribution in [-0.4, -0.2) is 11.8 Å². The Hall–Kier alpha value is -0.160. The maximum Gasteiger partial charge on any atom is 0.308 e. The maximum absolute atomic E-state index is 10.6. The third kappa shape index (κ3) is 48.9. The number of carbonyl (C=O) groups excluding carboxylic acids is 2. The number of hydrogen-bond acceptors (Lipinski definition) is 2. The molecule has 0 saturated heterocycles. The van der Waals surface area contributed by atoms with Crippen LogP contribution in [0.1, 0.15) is 194 Å². The molecule has 0 spiro atoms. The van der Waals surface area contributed by atoms with Crippen LogP contribution in [-0.2, 0) is 9.59 Å². The van der Waals surface area contributed by atoms with Gasteiger partial charge in [-0.1, -0.05) is 168 Å². The van der Waals surface area contributed by atoms with Crippen molar-refractivity contribution >= 4 is 11.8 Å². The number of hydrogen-bond donors (Lipinski definition) is 2. The van der Waals surface area contributed by atoms with Crippen LogP contribution in [0, 0.1) is 0 Å². The van der Waals surface area contributed by atoms with Crippen molar-refractivity contribution in [1.82, 2.24) is 0 Å². The van der Waals surface area contributed by atoms with Crippen molar-refractivity contribution in [2.45, 2.75) is 194 Å². The predicted molar refractivity (Wildman–Crippen MR) is 156 cm³/mol. The van der Waals surface area contributed by atoms with Gasteiger partial charge in [-0.3, -0.25) is 11.5 Å². The minimum absolute atomic E-state index is 0. The van der Waals surface area contributed by atoms with Crippen LogP contribution >= 0.6 is 0 Å². The summed E-state index contributed by atoms with van der Waals surface area (Å²) in [7, 11) is 0. The van der Waals surface area contributed by atoms with Crippen LogP contribution in [0.5, 0.6) is 0 Å². The molecule has 0 fully saturated rings. The molecule has 0 radical (unpaired) electrons. The number of carbonyl (C=O) groups is 2. The van der Waals surface area contributed by atoms with Gasteiger partial charge in [0.1, 0.15) is 0 Å². The molecule has 0 atom stereocenters. The van der Waals surface area contributed by atoms with Crippen molar-refractivity contribution in [2.24, 2.45) is 0 Å². The number of quaternary nitrogens is 2. The summed E-state index contributed by atoms with van der Waals surface area (Å²) in [5, 5.41) is 0. The fourth-order valence-corrected chi connectivity index (χ4v) is 4.68. The van der Waals surface area contributed by atoms with Crippen LogP contribution in [0.2, 0.25) is 0 Å². The molecule has 0 saturated carbocycles. The first-order chi connectivity index (χ1) is 17.5. The summed E-state index contributed by atoms with van der Waals surface area (Å²) in [5.41, 5.74) is 6.79. The third-order valence-electron chi connectivity index (χ3n) is 7.12. The molecular weight excluding hydrogens is 515 g/mol. The molecule has 0 aromatic rings. The van der Waals surface area contributed by atoms with Crippen molar-refractivity contribution in [3.05, 3.63) is 0 Å². The minimum Gasteiger partial charge on any atom is -1.00 e. The summed E-state index contributed by atoms with van der Waals surface area (Å²) in [6.07, 6.45) is 36.5. The highest BCUT2D eigenvalue weighted by atomic mass is 35.5. The molecule has 38 heavy (non-hydrogen) atoms.